The molecule has 2 aliphatic heterocycles. The van der Waals surface area contributed by atoms with Gasteiger partial charge in [-0.05, 0) is 36.6 Å². The smallest absolute Gasteiger partial charge is 0.222 e. The Balaban J connectivity index is 1.60. The fraction of sp³-hybridized carbons (Fsp3) is 0.533. The molecule has 1 amide bonds. The average Bonchev–Trinajstić information content (AvgIpc) is 2.97. The molecule has 1 atom stereocenters. The van der Waals surface area contributed by atoms with Crippen molar-refractivity contribution in [2.24, 2.45) is 0 Å². The van der Waals surface area contributed by atoms with Crippen LogP contribution in [0.4, 0.5) is 5.69 Å². The number of likely N-dealkylation sites (tertiary alicyclic amines) is 1. The van der Waals surface area contributed by atoms with Crippen molar-refractivity contribution in [3.63, 3.8) is 0 Å². The maximum Gasteiger partial charge on any atom is 0.222 e. The predicted molar refractivity (Wildman–Crippen MR) is 81.9 cm³/mol. The highest BCUT2D eigenvalue weighted by Gasteiger charge is 2.25. The van der Waals surface area contributed by atoms with E-state index in [1.807, 2.05) is 6.07 Å². The summed E-state index contributed by atoms with van der Waals surface area (Å²) in [6.45, 7) is 2.79. The van der Waals surface area contributed by atoms with E-state index in [2.05, 4.69) is 33.0 Å². The van der Waals surface area contributed by atoms with E-state index >= 15 is 0 Å². The molecule has 108 valence electrons. The summed E-state index contributed by atoms with van der Waals surface area (Å²) in [5, 5.41) is 10.2. The first-order valence-corrected chi connectivity index (χ1v) is 7.92. The molecule has 1 aromatic rings. The molecule has 0 saturated carbocycles. The summed E-state index contributed by atoms with van der Waals surface area (Å²) in [6.07, 6.45) is 2.09. The molecule has 2 heterocycles. The Labute approximate surface area is 127 Å². The number of nitrogens with zero attached hydrogens (tertiary/aromatic N) is 2. The first-order valence-electron chi connectivity index (χ1n) is 7.13. The van der Waals surface area contributed by atoms with Crippen LogP contribution in [-0.4, -0.2) is 48.2 Å². The van der Waals surface area contributed by atoms with Gasteiger partial charge in [0.05, 0.1) is 6.10 Å². The van der Waals surface area contributed by atoms with Gasteiger partial charge in [-0.3, -0.25) is 4.79 Å². The molecule has 1 N–H and O–H groups in total. The molecule has 3 rings (SSSR count). The van der Waals surface area contributed by atoms with E-state index in [1.54, 1.807) is 4.90 Å². The number of β-amino-alcohol motifs (C(OH)–C–C–N with tert-alkyl or cyclic N) is 1. The molecule has 0 aromatic heterocycles. The van der Waals surface area contributed by atoms with Crippen LogP contribution in [-0.2, 0) is 11.2 Å². The van der Waals surface area contributed by atoms with Crippen molar-refractivity contribution in [2.75, 3.05) is 31.1 Å². The van der Waals surface area contributed by atoms with Gasteiger partial charge in [0.2, 0.25) is 5.91 Å². The maximum atomic E-state index is 11.6. The molecular weight excluding hydrogens is 320 g/mol. The second-order valence-electron chi connectivity index (χ2n) is 5.57. The van der Waals surface area contributed by atoms with Gasteiger partial charge in [-0.25, -0.2) is 0 Å². The average molecular weight is 339 g/mol. The topological polar surface area (TPSA) is 43.8 Å². The Hall–Kier alpha value is -1.07. The van der Waals surface area contributed by atoms with Crippen molar-refractivity contribution >= 4 is 27.5 Å². The Morgan fingerprint density at radius 1 is 1.20 bits per heavy atom. The molecule has 0 spiro atoms. The quantitative estimate of drug-likeness (QED) is 0.910. The normalized spacial score (nSPS) is 19.6. The van der Waals surface area contributed by atoms with Gasteiger partial charge in [-0.1, -0.05) is 15.9 Å². The lowest BCUT2D eigenvalue weighted by Gasteiger charge is -2.26. The Morgan fingerprint density at radius 3 is 2.75 bits per heavy atom. The van der Waals surface area contributed by atoms with E-state index in [0.717, 1.165) is 30.4 Å². The van der Waals surface area contributed by atoms with Crippen molar-refractivity contribution < 1.29 is 9.90 Å². The molecular formula is C15H19BrN2O2. The summed E-state index contributed by atoms with van der Waals surface area (Å²) in [5.41, 5.74) is 2.53. The number of aliphatic hydroxyl groups excluding tert-OH is 1. The number of carbonyl (C=O) groups excluding carboxylic acids is 1. The second kappa shape index (κ2) is 5.74. The van der Waals surface area contributed by atoms with Crippen molar-refractivity contribution in [1.29, 1.82) is 0 Å². The van der Waals surface area contributed by atoms with Crippen LogP contribution >= 0.6 is 15.9 Å². The highest BCUT2D eigenvalue weighted by Crippen LogP contribution is 2.30. The number of benzene rings is 1. The van der Waals surface area contributed by atoms with E-state index in [0.29, 0.717) is 19.5 Å². The van der Waals surface area contributed by atoms with Crippen LogP contribution in [0.3, 0.4) is 0 Å². The van der Waals surface area contributed by atoms with Gasteiger partial charge in [0.25, 0.3) is 0 Å². The molecule has 1 unspecified atom stereocenters. The van der Waals surface area contributed by atoms with Crippen molar-refractivity contribution in [3.8, 4) is 0 Å². The fourth-order valence-corrected chi connectivity index (χ4v) is 3.50. The van der Waals surface area contributed by atoms with Crippen molar-refractivity contribution in [3.05, 3.63) is 28.2 Å². The molecule has 4 nitrogen and oxygen atoms in total. The number of anilines is 1. The zero-order valence-electron chi connectivity index (χ0n) is 11.4. The SMILES string of the molecule is O=C1CCCN1CC(O)CN1CCc2cc(Br)ccc21. The van der Waals surface area contributed by atoms with Crippen LogP contribution in [0.25, 0.3) is 0 Å². The van der Waals surface area contributed by atoms with Gasteiger partial charge in [-0.15, -0.1) is 0 Å². The first-order chi connectivity index (χ1) is 9.63. The molecule has 0 bridgehead atoms. The standard InChI is InChI=1S/C15H19BrN2O2/c16-12-3-4-14-11(8-12)5-7-17(14)9-13(19)10-18-6-1-2-15(18)20/h3-4,8,13,19H,1-2,5-7,9-10H2. The lowest BCUT2D eigenvalue weighted by atomic mass is 10.2. The molecule has 2 aliphatic rings. The molecule has 1 fully saturated rings. The van der Waals surface area contributed by atoms with E-state index in [4.69, 9.17) is 0 Å². The lowest BCUT2D eigenvalue weighted by Crippen LogP contribution is -2.40. The number of carbonyl (C=O) groups is 1. The summed E-state index contributed by atoms with van der Waals surface area (Å²) < 4.78 is 1.10. The summed E-state index contributed by atoms with van der Waals surface area (Å²) >= 11 is 3.49. The predicted octanol–water partition coefficient (Wildman–Crippen LogP) is 1.79. The van der Waals surface area contributed by atoms with Gasteiger partial charge in [0.1, 0.15) is 0 Å². The van der Waals surface area contributed by atoms with Gasteiger partial charge in [0.15, 0.2) is 0 Å². The number of rotatable bonds is 4. The minimum atomic E-state index is -0.480. The van der Waals surface area contributed by atoms with Gasteiger partial charge >= 0.3 is 0 Å². The van der Waals surface area contributed by atoms with Gasteiger partial charge in [-0.2, -0.15) is 0 Å². The highest BCUT2D eigenvalue weighted by atomic mass is 79.9. The Morgan fingerprint density at radius 2 is 2.00 bits per heavy atom. The third-order valence-corrected chi connectivity index (χ3v) is 4.56. The number of fused-ring (bicyclic) bond motifs is 1. The highest BCUT2D eigenvalue weighted by molar-refractivity contribution is 9.10. The minimum Gasteiger partial charge on any atom is -0.389 e. The summed E-state index contributed by atoms with van der Waals surface area (Å²) in [6, 6.07) is 6.28. The van der Waals surface area contributed by atoms with Crippen LogP contribution < -0.4 is 4.90 Å². The van der Waals surface area contributed by atoms with Gasteiger partial charge in [0, 0.05) is 42.8 Å². The number of amides is 1. The van der Waals surface area contributed by atoms with Gasteiger partial charge < -0.3 is 14.9 Å². The van der Waals surface area contributed by atoms with Crippen molar-refractivity contribution in [1.82, 2.24) is 4.90 Å². The number of hydrogen-bond acceptors (Lipinski definition) is 3. The number of hydrogen-bond donors (Lipinski definition) is 1. The zero-order chi connectivity index (χ0) is 14.1. The lowest BCUT2D eigenvalue weighted by molar-refractivity contribution is -0.128. The summed E-state index contributed by atoms with van der Waals surface area (Å²) in [7, 11) is 0. The first kappa shape index (κ1) is 13.9. The zero-order valence-corrected chi connectivity index (χ0v) is 13.0. The van der Waals surface area contributed by atoms with E-state index in [1.165, 1.54) is 11.3 Å². The third-order valence-electron chi connectivity index (χ3n) is 4.07. The van der Waals surface area contributed by atoms with E-state index < -0.39 is 6.10 Å². The van der Waals surface area contributed by atoms with Crippen LogP contribution in [0.15, 0.2) is 22.7 Å². The molecule has 1 aromatic carbocycles. The Kier molecular flexibility index (Phi) is 3.98. The minimum absolute atomic E-state index is 0.176. The summed E-state index contributed by atoms with van der Waals surface area (Å²) in [4.78, 5) is 15.6. The third kappa shape index (κ3) is 2.83. The second-order valence-corrected chi connectivity index (χ2v) is 6.48. The van der Waals surface area contributed by atoms with E-state index in [9.17, 15) is 9.90 Å². The largest absolute Gasteiger partial charge is 0.389 e. The van der Waals surface area contributed by atoms with Crippen LogP contribution in [0.5, 0.6) is 0 Å². The molecule has 1 saturated heterocycles. The number of aliphatic hydroxyl groups is 1. The van der Waals surface area contributed by atoms with Crippen LogP contribution in [0.2, 0.25) is 0 Å². The van der Waals surface area contributed by atoms with Crippen LogP contribution in [0, 0.1) is 0 Å². The number of halogens is 1. The maximum absolute atomic E-state index is 11.6. The van der Waals surface area contributed by atoms with E-state index in [-0.39, 0.29) is 5.91 Å². The molecule has 5 heteroatoms. The fourth-order valence-electron chi connectivity index (χ4n) is 3.09. The summed E-state index contributed by atoms with van der Waals surface area (Å²) in [5.74, 6) is 0.176. The molecule has 0 radical (unpaired) electrons. The molecule has 20 heavy (non-hydrogen) atoms. The monoisotopic (exact) mass is 338 g/mol. The van der Waals surface area contributed by atoms with Crippen molar-refractivity contribution in [2.45, 2.75) is 25.4 Å². The van der Waals surface area contributed by atoms with Crippen LogP contribution in [0.1, 0.15) is 18.4 Å². The Bertz CT molecular complexity index is 521. The molecule has 0 aliphatic carbocycles.